The summed E-state index contributed by atoms with van der Waals surface area (Å²) in [4.78, 5) is 11.2. The number of alkyl halides is 3. The highest BCUT2D eigenvalue weighted by atomic mass is 35.5. The van der Waals surface area contributed by atoms with Gasteiger partial charge in [-0.2, -0.15) is 13.2 Å². The molecule has 2 atom stereocenters. The second-order valence-corrected chi connectivity index (χ2v) is 6.69. The summed E-state index contributed by atoms with van der Waals surface area (Å²) in [6.07, 6.45) is -1.30. The van der Waals surface area contributed by atoms with Gasteiger partial charge in [-0.15, -0.1) is 0 Å². The lowest BCUT2D eigenvalue weighted by atomic mass is 9.89. The van der Waals surface area contributed by atoms with Gasteiger partial charge in [-0.25, -0.2) is 0 Å². The minimum Gasteiger partial charge on any atom is -0.410 e. The fraction of sp³-hybridized carbons (Fsp3) is 0.444. The molecule has 1 N–H and O–H groups in total. The second-order valence-electron chi connectivity index (χ2n) is 6.33. The number of rotatable bonds is 6. The summed E-state index contributed by atoms with van der Waals surface area (Å²) in [7, 11) is 0. The highest BCUT2D eigenvalue weighted by Crippen LogP contribution is 2.58. The summed E-state index contributed by atoms with van der Waals surface area (Å²) in [5, 5.41) is 11.6. The number of Topliss-reactive ketones (excluding diaryl/α,β-unsaturated/α-hetero) is 1. The van der Waals surface area contributed by atoms with Gasteiger partial charge in [-0.1, -0.05) is 54.0 Å². The fourth-order valence-electron chi connectivity index (χ4n) is 3.31. The lowest BCUT2D eigenvalue weighted by molar-refractivity contribution is -0.166. The van der Waals surface area contributed by atoms with Gasteiger partial charge in [0, 0.05) is 5.56 Å². The van der Waals surface area contributed by atoms with Crippen LogP contribution in [0.25, 0.3) is 0 Å². The Hall–Kier alpha value is -1.82. The molecule has 0 amide bonds. The van der Waals surface area contributed by atoms with Gasteiger partial charge in [0.1, 0.15) is 0 Å². The Morgan fingerprint density at radius 3 is 2.48 bits per heavy atom. The average molecular weight is 374 g/mol. The van der Waals surface area contributed by atoms with Crippen LogP contribution < -0.4 is 0 Å². The van der Waals surface area contributed by atoms with Crippen LogP contribution in [-0.4, -0.2) is 22.3 Å². The second kappa shape index (κ2) is 7.20. The van der Waals surface area contributed by atoms with Crippen molar-refractivity contribution < 1.29 is 23.2 Å². The molecule has 1 aliphatic rings. The summed E-state index contributed by atoms with van der Waals surface area (Å²) >= 11 is 5.75. The van der Waals surface area contributed by atoms with Crippen LogP contribution in [0.5, 0.6) is 0 Å². The summed E-state index contributed by atoms with van der Waals surface area (Å²) < 4.78 is 37.3. The van der Waals surface area contributed by atoms with Gasteiger partial charge in [0.2, 0.25) is 0 Å². The number of carbonyl (C=O) groups excluding carboxylic acids is 1. The molecule has 136 valence electrons. The molecule has 1 aromatic carbocycles. The van der Waals surface area contributed by atoms with Crippen molar-refractivity contribution >= 4 is 22.6 Å². The normalized spacial score (nSPS) is 24.3. The minimum atomic E-state index is -4.82. The molecule has 2 unspecified atom stereocenters. The Labute approximate surface area is 149 Å². The maximum absolute atomic E-state index is 12.4. The number of benzene rings is 1. The van der Waals surface area contributed by atoms with Crippen molar-refractivity contribution in [2.24, 2.45) is 11.1 Å². The van der Waals surface area contributed by atoms with E-state index in [-0.39, 0.29) is 22.1 Å². The van der Waals surface area contributed by atoms with Crippen molar-refractivity contribution in [2.75, 3.05) is 0 Å². The number of hydrogen-bond acceptors (Lipinski definition) is 3. The van der Waals surface area contributed by atoms with E-state index in [1.54, 1.807) is 12.1 Å². The molecule has 0 radical (unpaired) electrons. The molecule has 0 heterocycles. The van der Waals surface area contributed by atoms with Crippen LogP contribution in [0.1, 0.15) is 44.2 Å². The van der Waals surface area contributed by atoms with Crippen molar-refractivity contribution in [3.8, 4) is 0 Å². The first-order valence-corrected chi connectivity index (χ1v) is 8.30. The predicted octanol–water partition coefficient (Wildman–Crippen LogP) is 5.20. The molecular formula is C18H19ClF3NO2. The molecule has 0 saturated heterocycles. The SMILES string of the molecule is CCC1(c2ccc(/C(Cl)=N/O)cc2)CC1C/C=C(/C)C(=O)C(F)(F)F. The lowest BCUT2D eigenvalue weighted by Crippen LogP contribution is -2.23. The third-order valence-electron chi connectivity index (χ3n) is 4.97. The first kappa shape index (κ1) is 19.5. The van der Waals surface area contributed by atoms with Gasteiger partial charge in [-0.3, -0.25) is 4.79 Å². The molecule has 1 fully saturated rings. The zero-order valence-electron chi connectivity index (χ0n) is 13.9. The predicted molar refractivity (Wildman–Crippen MR) is 90.1 cm³/mol. The zero-order valence-corrected chi connectivity index (χ0v) is 14.7. The molecular weight excluding hydrogens is 355 g/mol. The Bertz CT molecular complexity index is 710. The smallest absolute Gasteiger partial charge is 0.410 e. The number of carbonyl (C=O) groups is 1. The highest BCUT2D eigenvalue weighted by molar-refractivity contribution is 6.69. The third kappa shape index (κ3) is 4.06. The maximum Gasteiger partial charge on any atom is 0.454 e. The molecule has 0 spiro atoms. The van der Waals surface area contributed by atoms with Crippen molar-refractivity contribution in [3.05, 3.63) is 47.0 Å². The number of hydrogen-bond donors (Lipinski definition) is 1. The van der Waals surface area contributed by atoms with Crippen LogP contribution in [0.15, 0.2) is 41.1 Å². The molecule has 3 nitrogen and oxygen atoms in total. The molecule has 0 bridgehead atoms. The van der Waals surface area contributed by atoms with Gasteiger partial charge in [0.25, 0.3) is 5.78 Å². The van der Waals surface area contributed by atoms with E-state index in [2.05, 4.69) is 5.16 Å². The molecule has 0 aliphatic heterocycles. The van der Waals surface area contributed by atoms with Crippen LogP contribution in [0.3, 0.4) is 0 Å². The van der Waals surface area contributed by atoms with Crippen molar-refractivity contribution in [2.45, 2.75) is 44.7 Å². The number of ketones is 1. The van der Waals surface area contributed by atoms with Crippen LogP contribution in [0.4, 0.5) is 13.2 Å². The zero-order chi connectivity index (χ0) is 18.8. The maximum atomic E-state index is 12.4. The van der Waals surface area contributed by atoms with Crippen molar-refractivity contribution in [1.29, 1.82) is 0 Å². The summed E-state index contributed by atoms with van der Waals surface area (Å²) in [6, 6.07) is 7.28. The van der Waals surface area contributed by atoms with Crippen LogP contribution in [0.2, 0.25) is 0 Å². The first-order valence-electron chi connectivity index (χ1n) is 7.92. The number of halogens is 4. The molecule has 1 aliphatic carbocycles. The number of oxime groups is 1. The minimum absolute atomic E-state index is 0.00586. The van der Waals surface area contributed by atoms with E-state index in [0.29, 0.717) is 12.0 Å². The van der Waals surface area contributed by atoms with E-state index < -0.39 is 12.0 Å². The van der Waals surface area contributed by atoms with Gasteiger partial charge in [-0.05, 0) is 48.7 Å². The van der Waals surface area contributed by atoms with Crippen LogP contribution >= 0.6 is 11.6 Å². The van der Waals surface area contributed by atoms with Crippen molar-refractivity contribution in [3.63, 3.8) is 0 Å². The molecule has 0 aromatic heterocycles. The van der Waals surface area contributed by atoms with E-state index in [1.807, 2.05) is 19.1 Å². The quantitative estimate of drug-likeness (QED) is 0.322. The van der Waals surface area contributed by atoms with E-state index in [1.165, 1.54) is 13.0 Å². The number of nitrogens with zero attached hydrogens (tertiary/aromatic N) is 1. The molecule has 1 aromatic rings. The van der Waals surface area contributed by atoms with Crippen LogP contribution in [-0.2, 0) is 10.2 Å². The lowest BCUT2D eigenvalue weighted by Gasteiger charge is -2.16. The first-order chi connectivity index (χ1) is 11.7. The summed E-state index contributed by atoms with van der Waals surface area (Å²) in [6.45, 7) is 3.24. The van der Waals surface area contributed by atoms with Gasteiger partial charge >= 0.3 is 6.18 Å². The Balaban J connectivity index is 2.11. The molecule has 7 heteroatoms. The van der Waals surface area contributed by atoms with E-state index >= 15 is 0 Å². The monoisotopic (exact) mass is 373 g/mol. The van der Waals surface area contributed by atoms with Gasteiger partial charge < -0.3 is 5.21 Å². The van der Waals surface area contributed by atoms with E-state index in [4.69, 9.17) is 16.8 Å². The Morgan fingerprint density at radius 1 is 1.40 bits per heavy atom. The summed E-state index contributed by atoms with van der Waals surface area (Å²) in [5.74, 6) is -1.58. The highest BCUT2D eigenvalue weighted by Gasteiger charge is 2.52. The Morgan fingerprint density at radius 2 is 2.00 bits per heavy atom. The molecule has 2 rings (SSSR count). The van der Waals surface area contributed by atoms with E-state index in [9.17, 15) is 18.0 Å². The van der Waals surface area contributed by atoms with Gasteiger partial charge in [0.05, 0.1) is 0 Å². The fourth-order valence-corrected chi connectivity index (χ4v) is 3.44. The van der Waals surface area contributed by atoms with Crippen molar-refractivity contribution in [1.82, 2.24) is 0 Å². The summed E-state index contributed by atoms with van der Waals surface area (Å²) in [5.41, 5.74) is 1.30. The topological polar surface area (TPSA) is 49.7 Å². The Kier molecular flexibility index (Phi) is 5.62. The standard InChI is InChI=1S/C18H19ClF3NO2/c1-3-17(13-8-5-12(6-9-13)16(19)23-25)10-14(17)7-4-11(2)15(24)18(20,21)22/h4-6,8-9,14,25H,3,7,10H2,1-2H3/b11-4-,23-16-. The van der Waals surface area contributed by atoms with Gasteiger partial charge in [0.15, 0.2) is 5.17 Å². The van der Waals surface area contributed by atoms with Crippen LogP contribution in [0, 0.1) is 5.92 Å². The number of allylic oxidation sites excluding steroid dienone is 2. The average Bonchev–Trinajstić information content (AvgIpc) is 3.32. The third-order valence-corrected chi connectivity index (χ3v) is 5.27. The molecule has 1 saturated carbocycles. The van der Waals surface area contributed by atoms with E-state index in [0.717, 1.165) is 18.4 Å². The largest absolute Gasteiger partial charge is 0.454 e. The molecule has 25 heavy (non-hydrogen) atoms.